The fourth-order valence-electron chi connectivity index (χ4n) is 1.77. The standard InChI is InChI=1S/C11H14N4/c1-8-4-3-5-9(2)11(8)15-7-13-14-10(15)6-12/h3-5,7H,6,12H2,1-2H3. The highest BCUT2D eigenvalue weighted by Gasteiger charge is 2.08. The molecule has 0 aliphatic carbocycles. The van der Waals surface area contributed by atoms with Crippen LogP contribution in [-0.4, -0.2) is 14.8 Å². The Morgan fingerprint density at radius 3 is 2.53 bits per heavy atom. The van der Waals surface area contributed by atoms with Crippen LogP contribution in [0.1, 0.15) is 17.0 Å². The molecule has 0 saturated heterocycles. The summed E-state index contributed by atoms with van der Waals surface area (Å²) in [5, 5.41) is 7.87. The molecule has 2 N–H and O–H groups in total. The lowest BCUT2D eigenvalue weighted by Gasteiger charge is -2.11. The van der Waals surface area contributed by atoms with Crippen LogP contribution in [0.4, 0.5) is 0 Å². The summed E-state index contributed by atoms with van der Waals surface area (Å²) in [5.41, 5.74) is 9.13. The molecule has 1 aromatic heterocycles. The Morgan fingerprint density at radius 2 is 1.93 bits per heavy atom. The van der Waals surface area contributed by atoms with Gasteiger partial charge in [-0.05, 0) is 25.0 Å². The van der Waals surface area contributed by atoms with Gasteiger partial charge in [0.05, 0.1) is 12.2 Å². The normalized spacial score (nSPS) is 10.6. The SMILES string of the molecule is Cc1cccc(C)c1-n1cnnc1CN. The van der Waals surface area contributed by atoms with E-state index in [1.165, 1.54) is 11.1 Å². The van der Waals surface area contributed by atoms with Crippen molar-refractivity contribution in [2.24, 2.45) is 5.73 Å². The van der Waals surface area contributed by atoms with E-state index in [2.05, 4.69) is 36.2 Å². The summed E-state index contributed by atoms with van der Waals surface area (Å²) in [6.45, 7) is 4.54. The van der Waals surface area contributed by atoms with Crippen LogP contribution in [0.25, 0.3) is 5.69 Å². The highest BCUT2D eigenvalue weighted by molar-refractivity contribution is 5.47. The van der Waals surface area contributed by atoms with Gasteiger partial charge >= 0.3 is 0 Å². The van der Waals surface area contributed by atoms with Crippen LogP contribution in [0.3, 0.4) is 0 Å². The average Bonchev–Trinajstić information content (AvgIpc) is 2.65. The fourth-order valence-corrected chi connectivity index (χ4v) is 1.77. The van der Waals surface area contributed by atoms with Crippen molar-refractivity contribution < 1.29 is 0 Å². The van der Waals surface area contributed by atoms with E-state index in [1.807, 2.05) is 10.6 Å². The lowest BCUT2D eigenvalue weighted by atomic mass is 10.1. The van der Waals surface area contributed by atoms with E-state index >= 15 is 0 Å². The van der Waals surface area contributed by atoms with Crippen molar-refractivity contribution in [2.75, 3.05) is 0 Å². The molecule has 0 bridgehead atoms. The van der Waals surface area contributed by atoms with E-state index in [0.717, 1.165) is 11.5 Å². The van der Waals surface area contributed by atoms with Gasteiger partial charge in [0.1, 0.15) is 6.33 Å². The molecule has 4 nitrogen and oxygen atoms in total. The predicted octanol–water partition coefficient (Wildman–Crippen LogP) is 1.34. The minimum absolute atomic E-state index is 0.397. The van der Waals surface area contributed by atoms with Crippen molar-refractivity contribution in [3.05, 3.63) is 41.5 Å². The maximum Gasteiger partial charge on any atom is 0.151 e. The first-order valence-corrected chi connectivity index (χ1v) is 4.89. The second-order valence-electron chi connectivity index (χ2n) is 3.56. The summed E-state index contributed by atoms with van der Waals surface area (Å²) < 4.78 is 1.95. The predicted molar refractivity (Wildman–Crippen MR) is 58.7 cm³/mol. The lowest BCUT2D eigenvalue weighted by Crippen LogP contribution is -2.08. The Bertz CT molecular complexity index is 453. The molecule has 1 aromatic carbocycles. The Labute approximate surface area is 88.8 Å². The van der Waals surface area contributed by atoms with Crippen LogP contribution in [0.5, 0.6) is 0 Å². The summed E-state index contributed by atoms with van der Waals surface area (Å²) in [7, 11) is 0. The Morgan fingerprint density at radius 1 is 1.27 bits per heavy atom. The lowest BCUT2D eigenvalue weighted by molar-refractivity contribution is 0.852. The number of hydrogen-bond acceptors (Lipinski definition) is 3. The Kier molecular flexibility index (Phi) is 2.51. The van der Waals surface area contributed by atoms with E-state index in [1.54, 1.807) is 6.33 Å². The van der Waals surface area contributed by atoms with Gasteiger partial charge in [-0.25, -0.2) is 0 Å². The van der Waals surface area contributed by atoms with Gasteiger partial charge in [0.25, 0.3) is 0 Å². The fraction of sp³-hybridized carbons (Fsp3) is 0.273. The van der Waals surface area contributed by atoms with Gasteiger partial charge in [0.2, 0.25) is 0 Å². The third kappa shape index (κ3) is 1.64. The topological polar surface area (TPSA) is 56.7 Å². The third-order valence-electron chi connectivity index (χ3n) is 2.48. The zero-order valence-electron chi connectivity index (χ0n) is 8.94. The van der Waals surface area contributed by atoms with E-state index in [9.17, 15) is 0 Å². The first-order valence-electron chi connectivity index (χ1n) is 4.89. The van der Waals surface area contributed by atoms with Crippen LogP contribution in [0.15, 0.2) is 24.5 Å². The largest absolute Gasteiger partial charge is 0.324 e. The number of nitrogens with two attached hydrogens (primary N) is 1. The molecule has 0 radical (unpaired) electrons. The van der Waals surface area contributed by atoms with Crippen LogP contribution < -0.4 is 5.73 Å². The molecule has 0 spiro atoms. The van der Waals surface area contributed by atoms with Crippen LogP contribution in [0.2, 0.25) is 0 Å². The number of hydrogen-bond donors (Lipinski definition) is 1. The second kappa shape index (κ2) is 3.82. The maximum absolute atomic E-state index is 5.61. The number of aromatic nitrogens is 3. The Balaban J connectivity index is 2.63. The van der Waals surface area contributed by atoms with Crippen molar-refractivity contribution in [1.82, 2.24) is 14.8 Å². The van der Waals surface area contributed by atoms with Gasteiger partial charge in [0, 0.05) is 0 Å². The van der Waals surface area contributed by atoms with Crippen LogP contribution in [0, 0.1) is 13.8 Å². The molecule has 0 atom stereocenters. The first-order chi connectivity index (χ1) is 7.24. The van der Waals surface area contributed by atoms with Gasteiger partial charge in [-0.2, -0.15) is 0 Å². The number of para-hydroxylation sites is 1. The summed E-state index contributed by atoms with van der Waals surface area (Å²) in [6, 6.07) is 6.19. The number of benzene rings is 1. The minimum atomic E-state index is 0.397. The molecule has 0 aliphatic heterocycles. The highest BCUT2D eigenvalue weighted by Crippen LogP contribution is 2.19. The molecule has 15 heavy (non-hydrogen) atoms. The molecular formula is C11H14N4. The molecule has 0 aliphatic rings. The zero-order chi connectivity index (χ0) is 10.8. The number of nitrogens with zero attached hydrogens (tertiary/aromatic N) is 3. The Hall–Kier alpha value is -1.68. The number of aryl methyl sites for hydroxylation is 2. The molecule has 78 valence electrons. The molecule has 2 rings (SSSR count). The van der Waals surface area contributed by atoms with E-state index in [-0.39, 0.29) is 0 Å². The van der Waals surface area contributed by atoms with Gasteiger partial charge in [-0.15, -0.1) is 10.2 Å². The summed E-state index contributed by atoms with van der Waals surface area (Å²) in [4.78, 5) is 0. The van der Waals surface area contributed by atoms with Crippen molar-refractivity contribution in [2.45, 2.75) is 20.4 Å². The molecule has 0 unspecified atom stereocenters. The van der Waals surface area contributed by atoms with Gasteiger partial charge < -0.3 is 5.73 Å². The average molecular weight is 202 g/mol. The van der Waals surface area contributed by atoms with Crippen LogP contribution in [-0.2, 0) is 6.54 Å². The third-order valence-corrected chi connectivity index (χ3v) is 2.48. The molecule has 0 amide bonds. The van der Waals surface area contributed by atoms with E-state index in [0.29, 0.717) is 6.54 Å². The molecule has 1 heterocycles. The van der Waals surface area contributed by atoms with E-state index in [4.69, 9.17) is 5.73 Å². The quantitative estimate of drug-likeness (QED) is 0.799. The first kappa shape index (κ1) is 9.86. The van der Waals surface area contributed by atoms with Crippen LogP contribution >= 0.6 is 0 Å². The van der Waals surface area contributed by atoms with Crippen molar-refractivity contribution in [3.8, 4) is 5.69 Å². The summed E-state index contributed by atoms with van der Waals surface area (Å²) >= 11 is 0. The summed E-state index contributed by atoms with van der Waals surface area (Å²) in [6.07, 6.45) is 1.71. The van der Waals surface area contributed by atoms with Crippen molar-refractivity contribution in [1.29, 1.82) is 0 Å². The zero-order valence-corrected chi connectivity index (χ0v) is 8.94. The smallest absolute Gasteiger partial charge is 0.151 e. The molecular weight excluding hydrogens is 188 g/mol. The van der Waals surface area contributed by atoms with Gasteiger partial charge in [0.15, 0.2) is 5.82 Å². The highest BCUT2D eigenvalue weighted by atomic mass is 15.3. The minimum Gasteiger partial charge on any atom is -0.324 e. The molecule has 0 saturated carbocycles. The molecule has 0 fully saturated rings. The van der Waals surface area contributed by atoms with Crippen molar-refractivity contribution >= 4 is 0 Å². The molecule has 4 heteroatoms. The monoisotopic (exact) mass is 202 g/mol. The maximum atomic E-state index is 5.61. The second-order valence-corrected chi connectivity index (χ2v) is 3.56. The van der Waals surface area contributed by atoms with Gasteiger partial charge in [-0.3, -0.25) is 4.57 Å². The van der Waals surface area contributed by atoms with Gasteiger partial charge in [-0.1, -0.05) is 18.2 Å². The molecule has 2 aromatic rings. The summed E-state index contributed by atoms with van der Waals surface area (Å²) in [5.74, 6) is 0.785. The van der Waals surface area contributed by atoms with Crippen molar-refractivity contribution in [3.63, 3.8) is 0 Å². The van der Waals surface area contributed by atoms with E-state index < -0.39 is 0 Å². The number of rotatable bonds is 2.